The van der Waals surface area contributed by atoms with Crippen LogP contribution in [0.25, 0.3) is 10.9 Å². The molecular weight excluding hydrogens is 240 g/mol. The lowest BCUT2D eigenvalue weighted by molar-refractivity contribution is -0.120. The maximum Gasteiger partial charge on any atom is 0.224 e. The lowest BCUT2D eigenvalue weighted by atomic mass is 10.1. The van der Waals surface area contributed by atoms with Gasteiger partial charge in [-0.15, -0.1) is 0 Å². The highest BCUT2D eigenvalue weighted by molar-refractivity contribution is 5.88. The predicted molar refractivity (Wildman–Crippen MR) is 75.9 cm³/mol. The normalized spacial score (nSPS) is 12.5. The van der Waals surface area contributed by atoms with E-state index in [1.807, 2.05) is 37.4 Å². The quantitative estimate of drug-likeness (QED) is 0.742. The van der Waals surface area contributed by atoms with Crippen LogP contribution in [0.1, 0.15) is 18.9 Å². The van der Waals surface area contributed by atoms with Gasteiger partial charge in [0, 0.05) is 30.3 Å². The minimum Gasteiger partial charge on any atom is -0.396 e. The van der Waals surface area contributed by atoms with E-state index in [1.165, 1.54) is 0 Å². The number of amides is 1. The zero-order chi connectivity index (χ0) is 13.7. The molecule has 0 fully saturated rings. The van der Waals surface area contributed by atoms with Gasteiger partial charge in [-0.1, -0.05) is 25.1 Å². The fourth-order valence-corrected chi connectivity index (χ4v) is 2.12. The van der Waals surface area contributed by atoms with E-state index < -0.39 is 0 Å². The second-order valence-corrected chi connectivity index (χ2v) is 4.96. The summed E-state index contributed by atoms with van der Waals surface area (Å²) in [5.74, 6) is 0.325. The Morgan fingerprint density at radius 2 is 2.21 bits per heavy atom. The van der Waals surface area contributed by atoms with Crippen molar-refractivity contribution >= 4 is 16.8 Å². The number of fused-ring (bicyclic) bond motifs is 1. The van der Waals surface area contributed by atoms with Crippen molar-refractivity contribution in [2.24, 2.45) is 5.92 Å². The molecule has 0 aliphatic rings. The molecule has 2 rings (SSSR count). The molecule has 102 valence electrons. The van der Waals surface area contributed by atoms with Crippen molar-refractivity contribution in [2.45, 2.75) is 19.8 Å². The maximum absolute atomic E-state index is 11.9. The molecule has 1 heterocycles. The SMILES string of the molecule is CC(CCO)CNC(=O)Cc1c[nH]c2ccccc12. The second kappa shape index (κ2) is 6.38. The fourth-order valence-electron chi connectivity index (χ4n) is 2.12. The van der Waals surface area contributed by atoms with Gasteiger partial charge >= 0.3 is 0 Å². The molecule has 0 saturated heterocycles. The van der Waals surface area contributed by atoms with Gasteiger partial charge in [-0.05, 0) is 24.0 Å². The van der Waals surface area contributed by atoms with Crippen LogP contribution < -0.4 is 5.32 Å². The molecule has 0 radical (unpaired) electrons. The maximum atomic E-state index is 11.9. The number of carbonyl (C=O) groups excluding carboxylic acids is 1. The Bertz CT molecular complexity index is 548. The van der Waals surface area contributed by atoms with E-state index in [0.29, 0.717) is 25.3 Å². The highest BCUT2D eigenvalue weighted by atomic mass is 16.3. The van der Waals surface area contributed by atoms with Crippen LogP contribution >= 0.6 is 0 Å². The number of nitrogens with one attached hydrogen (secondary N) is 2. The van der Waals surface area contributed by atoms with Crippen LogP contribution in [0.5, 0.6) is 0 Å². The monoisotopic (exact) mass is 260 g/mol. The van der Waals surface area contributed by atoms with Gasteiger partial charge in [-0.25, -0.2) is 0 Å². The number of aromatic nitrogens is 1. The third-order valence-corrected chi connectivity index (χ3v) is 3.30. The number of H-pyrrole nitrogens is 1. The third kappa shape index (κ3) is 3.58. The summed E-state index contributed by atoms with van der Waals surface area (Å²) in [4.78, 5) is 15.0. The lowest BCUT2D eigenvalue weighted by Gasteiger charge is -2.10. The van der Waals surface area contributed by atoms with Crippen molar-refractivity contribution in [3.05, 3.63) is 36.0 Å². The number of aliphatic hydroxyl groups excluding tert-OH is 1. The summed E-state index contributed by atoms with van der Waals surface area (Å²) in [5, 5.41) is 12.8. The van der Waals surface area contributed by atoms with Crippen LogP contribution in [-0.2, 0) is 11.2 Å². The van der Waals surface area contributed by atoms with E-state index in [0.717, 1.165) is 16.5 Å². The van der Waals surface area contributed by atoms with Gasteiger partial charge in [0.2, 0.25) is 5.91 Å². The van der Waals surface area contributed by atoms with Gasteiger partial charge < -0.3 is 15.4 Å². The van der Waals surface area contributed by atoms with Crippen LogP contribution in [0.4, 0.5) is 0 Å². The lowest BCUT2D eigenvalue weighted by Crippen LogP contribution is -2.29. The summed E-state index contributed by atoms with van der Waals surface area (Å²) in [6, 6.07) is 7.96. The number of hydrogen-bond acceptors (Lipinski definition) is 2. The van der Waals surface area contributed by atoms with Crippen molar-refractivity contribution < 1.29 is 9.90 Å². The van der Waals surface area contributed by atoms with E-state index >= 15 is 0 Å². The first-order valence-corrected chi connectivity index (χ1v) is 6.63. The predicted octanol–water partition coefficient (Wildman–Crippen LogP) is 1.85. The van der Waals surface area contributed by atoms with Crippen molar-refractivity contribution in [1.29, 1.82) is 0 Å². The Morgan fingerprint density at radius 3 is 3.00 bits per heavy atom. The zero-order valence-electron chi connectivity index (χ0n) is 11.1. The molecule has 1 aromatic heterocycles. The molecular formula is C15H20N2O2. The number of aliphatic hydroxyl groups is 1. The number of carbonyl (C=O) groups is 1. The smallest absolute Gasteiger partial charge is 0.224 e. The fraction of sp³-hybridized carbons (Fsp3) is 0.400. The highest BCUT2D eigenvalue weighted by Crippen LogP contribution is 2.17. The molecule has 0 saturated carbocycles. The molecule has 4 heteroatoms. The molecule has 1 amide bonds. The first kappa shape index (κ1) is 13.6. The van der Waals surface area contributed by atoms with E-state index in [2.05, 4.69) is 10.3 Å². The Hall–Kier alpha value is -1.81. The van der Waals surface area contributed by atoms with E-state index in [4.69, 9.17) is 5.11 Å². The average molecular weight is 260 g/mol. The molecule has 1 unspecified atom stereocenters. The molecule has 19 heavy (non-hydrogen) atoms. The molecule has 1 aromatic carbocycles. The molecule has 1 atom stereocenters. The minimum atomic E-state index is 0.0227. The highest BCUT2D eigenvalue weighted by Gasteiger charge is 2.09. The summed E-state index contributed by atoms with van der Waals surface area (Å²) in [6.45, 7) is 2.80. The second-order valence-electron chi connectivity index (χ2n) is 4.96. The summed E-state index contributed by atoms with van der Waals surface area (Å²) in [6.07, 6.45) is 2.99. The van der Waals surface area contributed by atoms with Crippen LogP contribution in [0.3, 0.4) is 0 Å². The molecule has 4 nitrogen and oxygen atoms in total. The van der Waals surface area contributed by atoms with Crippen molar-refractivity contribution in [3.63, 3.8) is 0 Å². The Morgan fingerprint density at radius 1 is 1.42 bits per heavy atom. The van der Waals surface area contributed by atoms with E-state index in [1.54, 1.807) is 0 Å². The first-order chi connectivity index (χ1) is 9.20. The molecule has 0 aliphatic heterocycles. The van der Waals surface area contributed by atoms with Gasteiger partial charge in [0.25, 0.3) is 0 Å². The van der Waals surface area contributed by atoms with Crippen LogP contribution in [-0.4, -0.2) is 29.1 Å². The number of para-hydroxylation sites is 1. The summed E-state index contributed by atoms with van der Waals surface area (Å²) < 4.78 is 0. The van der Waals surface area contributed by atoms with Crippen LogP contribution in [0, 0.1) is 5.92 Å². The zero-order valence-corrected chi connectivity index (χ0v) is 11.1. The molecule has 0 bridgehead atoms. The van der Waals surface area contributed by atoms with E-state index in [-0.39, 0.29) is 12.5 Å². The largest absolute Gasteiger partial charge is 0.396 e. The first-order valence-electron chi connectivity index (χ1n) is 6.63. The molecule has 2 aromatic rings. The van der Waals surface area contributed by atoms with Gasteiger partial charge in [0.05, 0.1) is 6.42 Å². The van der Waals surface area contributed by atoms with Crippen LogP contribution in [0.2, 0.25) is 0 Å². The summed E-state index contributed by atoms with van der Waals surface area (Å²) in [7, 11) is 0. The Labute approximate surface area is 112 Å². The van der Waals surface area contributed by atoms with Crippen molar-refractivity contribution in [3.8, 4) is 0 Å². The molecule has 0 aliphatic carbocycles. The number of aromatic amines is 1. The average Bonchev–Trinajstić information content (AvgIpc) is 2.80. The van der Waals surface area contributed by atoms with Gasteiger partial charge in [0.1, 0.15) is 0 Å². The number of hydrogen-bond donors (Lipinski definition) is 3. The minimum absolute atomic E-state index is 0.0227. The van der Waals surface area contributed by atoms with Gasteiger partial charge in [0.15, 0.2) is 0 Å². The van der Waals surface area contributed by atoms with Gasteiger partial charge in [-0.2, -0.15) is 0 Å². The van der Waals surface area contributed by atoms with E-state index in [9.17, 15) is 4.79 Å². The number of rotatable bonds is 6. The van der Waals surface area contributed by atoms with Crippen molar-refractivity contribution in [2.75, 3.05) is 13.2 Å². The third-order valence-electron chi connectivity index (χ3n) is 3.30. The van der Waals surface area contributed by atoms with Crippen LogP contribution in [0.15, 0.2) is 30.5 Å². The van der Waals surface area contributed by atoms with Crippen molar-refractivity contribution in [1.82, 2.24) is 10.3 Å². The Kier molecular flexibility index (Phi) is 4.58. The molecule has 0 spiro atoms. The molecule has 3 N–H and O–H groups in total. The Balaban J connectivity index is 1.92. The standard InChI is InChI=1S/C15H20N2O2/c1-11(6-7-18)9-17-15(19)8-12-10-16-14-5-3-2-4-13(12)14/h2-5,10-11,16,18H,6-9H2,1H3,(H,17,19). The summed E-state index contributed by atoms with van der Waals surface area (Å²) >= 11 is 0. The summed E-state index contributed by atoms with van der Waals surface area (Å²) in [5.41, 5.74) is 2.07. The topological polar surface area (TPSA) is 65.1 Å². The van der Waals surface area contributed by atoms with Gasteiger partial charge in [-0.3, -0.25) is 4.79 Å². The number of benzene rings is 1.